The smallest absolute Gasteiger partial charge is 0.257 e. The van der Waals surface area contributed by atoms with Crippen molar-refractivity contribution in [2.24, 2.45) is 0 Å². The highest BCUT2D eigenvalue weighted by Crippen LogP contribution is 2.13. The molecule has 116 valence electrons. The van der Waals surface area contributed by atoms with Crippen molar-refractivity contribution in [1.29, 1.82) is 0 Å². The maximum Gasteiger partial charge on any atom is 0.257 e. The molecule has 1 aromatic rings. The summed E-state index contributed by atoms with van der Waals surface area (Å²) in [5.74, 6) is -1.34. The van der Waals surface area contributed by atoms with Crippen LogP contribution in [0.5, 0.6) is 0 Å². The minimum absolute atomic E-state index is 0.0234. The summed E-state index contributed by atoms with van der Waals surface area (Å²) in [4.78, 5) is 25.0. The van der Waals surface area contributed by atoms with Crippen molar-refractivity contribution >= 4 is 11.8 Å². The van der Waals surface area contributed by atoms with E-state index in [9.17, 15) is 14.0 Å². The Morgan fingerprint density at radius 1 is 1.38 bits per heavy atom. The van der Waals surface area contributed by atoms with Crippen LogP contribution in [0.3, 0.4) is 0 Å². The second-order valence-electron chi connectivity index (χ2n) is 4.79. The highest BCUT2D eigenvalue weighted by Gasteiger charge is 2.18. The van der Waals surface area contributed by atoms with Gasteiger partial charge in [0, 0.05) is 27.3 Å². The van der Waals surface area contributed by atoms with E-state index in [0.717, 1.165) is 0 Å². The number of hydrogen-bond donors (Lipinski definition) is 1. The zero-order valence-electron chi connectivity index (χ0n) is 12.6. The Kier molecular flexibility index (Phi) is 6.81. The maximum absolute atomic E-state index is 13.9. The Labute approximate surface area is 124 Å². The first-order valence-corrected chi connectivity index (χ1v) is 6.73. The average molecular weight is 296 g/mol. The second-order valence-corrected chi connectivity index (χ2v) is 4.79. The highest BCUT2D eigenvalue weighted by molar-refractivity contribution is 5.96. The zero-order chi connectivity index (χ0) is 15.8. The van der Waals surface area contributed by atoms with Crippen LogP contribution in [0.1, 0.15) is 22.3 Å². The van der Waals surface area contributed by atoms with E-state index in [2.05, 4.69) is 5.32 Å². The lowest BCUT2D eigenvalue weighted by molar-refractivity contribution is -0.121. The van der Waals surface area contributed by atoms with Crippen molar-refractivity contribution in [3.05, 3.63) is 35.1 Å². The van der Waals surface area contributed by atoms with Crippen LogP contribution in [0.15, 0.2) is 18.2 Å². The van der Waals surface area contributed by atoms with Crippen LogP contribution in [-0.2, 0) is 9.53 Å². The van der Waals surface area contributed by atoms with Gasteiger partial charge in [0.25, 0.3) is 5.91 Å². The lowest BCUT2D eigenvalue weighted by Gasteiger charge is -2.17. The summed E-state index contributed by atoms with van der Waals surface area (Å²) in [5, 5.41) is 2.67. The number of amides is 2. The van der Waals surface area contributed by atoms with E-state index in [1.54, 1.807) is 26.2 Å². The monoisotopic (exact) mass is 296 g/mol. The Balaban J connectivity index is 2.55. The fraction of sp³-hybridized carbons (Fsp3) is 0.467. The van der Waals surface area contributed by atoms with Crippen LogP contribution in [-0.4, -0.2) is 50.6 Å². The first-order chi connectivity index (χ1) is 9.97. The van der Waals surface area contributed by atoms with Gasteiger partial charge in [0.05, 0.1) is 12.1 Å². The molecule has 5 nitrogen and oxygen atoms in total. The fourth-order valence-electron chi connectivity index (χ4n) is 1.81. The van der Waals surface area contributed by atoms with Crippen molar-refractivity contribution < 1.29 is 18.7 Å². The van der Waals surface area contributed by atoms with Gasteiger partial charge < -0.3 is 15.0 Å². The minimum atomic E-state index is -0.546. The van der Waals surface area contributed by atoms with Crippen LogP contribution in [0, 0.1) is 12.7 Å². The number of benzene rings is 1. The fourth-order valence-corrected chi connectivity index (χ4v) is 1.81. The van der Waals surface area contributed by atoms with E-state index in [1.807, 2.05) is 0 Å². The van der Waals surface area contributed by atoms with Crippen LogP contribution in [0.4, 0.5) is 4.39 Å². The van der Waals surface area contributed by atoms with Crippen LogP contribution >= 0.6 is 0 Å². The Morgan fingerprint density at radius 3 is 2.76 bits per heavy atom. The molecule has 0 fully saturated rings. The predicted molar refractivity (Wildman–Crippen MR) is 77.6 cm³/mol. The normalized spacial score (nSPS) is 10.3. The van der Waals surface area contributed by atoms with E-state index < -0.39 is 11.7 Å². The number of aryl methyl sites for hydroxylation is 1. The van der Waals surface area contributed by atoms with E-state index >= 15 is 0 Å². The molecular weight excluding hydrogens is 275 g/mol. The van der Waals surface area contributed by atoms with Crippen molar-refractivity contribution in [2.45, 2.75) is 13.3 Å². The molecule has 0 aliphatic carbocycles. The van der Waals surface area contributed by atoms with Gasteiger partial charge in [-0.3, -0.25) is 9.59 Å². The molecule has 0 aromatic heterocycles. The van der Waals surface area contributed by atoms with Gasteiger partial charge in [0.15, 0.2) is 0 Å². The third-order valence-corrected chi connectivity index (χ3v) is 3.00. The number of ether oxygens (including phenoxy) is 1. The van der Waals surface area contributed by atoms with Crippen molar-refractivity contribution in [3.8, 4) is 0 Å². The summed E-state index contributed by atoms with van der Waals surface area (Å²) >= 11 is 0. The number of methoxy groups -OCH3 is 1. The quantitative estimate of drug-likeness (QED) is 0.773. The highest BCUT2D eigenvalue weighted by atomic mass is 19.1. The molecule has 2 amide bonds. The molecule has 1 rings (SSSR count). The van der Waals surface area contributed by atoms with Crippen molar-refractivity contribution in [3.63, 3.8) is 0 Å². The van der Waals surface area contributed by atoms with Gasteiger partial charge in [-0.25, -0.2) is 4.39 Å². The van der Waals surface area contributed by atoms with Gasteiger partial charge in [0.1, 0.15) is 5.82 Å². The summed E-state index contributed by atoms with van der Waals surface area (Å²) in [5.41, 5.74) is 0.378. The standard InChI is InChI=1S/C15H21FN2O3/c1-11-6-4-7-12(14(11)16)15(20)18(2)10-13(19)17-8-5-9-21-3/h4,6-7H,5,8-10H2,1-3H3,(H,17,19). The number of hydrogen-bond acceptors (Lipinski definition) is 3. The molecule has 0 saturated carbocycles. The summed E-state index contributed by atoms with van der Waals surface area (Å²) in [6.45, 7) is 2.52. The molecule has 0 spiro atoms. The summed E-state index contributed by atoms with van der Waals surface area (Å²) in [6, 6.07) is 4.62. The molecule has 0 atom stereocenters. The van der Waals surface area contributed by atoms with Crippen molar-refractivity contribution in [2.75, 3.05) is 33.9 Å². The molecule has 0 saturated heterocycles. The molecule has 21 heavy (non-hydrogen) atoms. The molecule has 0 unspecified atom stereocenters. The van der Waals surface area contributed by atoms with Gasteiger partial charge in [0.2, 0.25) is 5.91 Å². The van der Waals surface area contributed by atoms with E-state index in [1.165, 1.54) is 18.0 Å². The van der Waals surface area contributed by atoms with Gasteiger partial charge in [-0.05, 0) is 25.0 Å². The molecule has 1 N–H and O–H groups in total. The number of carbonyl (C=O) groups excluding carboxylic acids is 2. The molecule has 6 heteroatoms. The summed E-state index contributed by atoms with van der Waals surface area (Å²) in [7, 11) is 3.06. The first kappa shape index (κ1) is 17.1. The largest absolute Gasteiger partial charge is 0.385 e. The summed E-state index contributed by atoms with van der Waals surface area (Å²) in [6.07, 6.45) is 0.701. The molecule has 1 aromatic carbocycles. The van der Waals surface area contributed by atoms with Gasteiger partial charge in [-0.2, -0.15) is 0 Å². The van der Waals surface area contributed by atoms with E-state index in [4.69, 9.17) is 4.74 Å². The molecule has 0 bridgehead atoms. The molecule has 0 radical (unpaired) electrons. The average Bonchev–Trinajstić information content (AvgIpc) is 2.45. The zero-order valence-corrected chi connectivity index (χ0v) is 12.6. The summed E-state index contributed by atoms with van der Waals surface area (Å²) < 4.78 is 18.7. The van der Waals surface area contributed by atoms with E-state index in [0.29, 0.717) is 25.1 Å². The SMILES string of the molecule is COCCCNC(=O)CN(C)C(=O)c1cccc(C)c1F. The lowest BCUT2D eigenvalue weighted by atomic mass is 10.1. The van der Waals surface area contributed by atoms with Crippen LogP contribution in [0.2, 0.25) is 0 Å². The van der Waals surface area contributed by atoms with Crippen LogP contribution < -0.4 is 5.32 Å². The van der Waals surface area contributed by atoms with Crippen molar-refractivity contribution in [1.82, 2.24) is 10.2 Å². The third kappa shape index (κ3) is 5.15. The Hall–Kier alpha value is -1.95. The second kappa shape index (κ2) is 8.36. The Morgan fingerprint density at radius 2 is 2.10 bits per heavy atom. The number of rotatable bonds is 7. The van der Waals surface area contributed by atoms with Gasteiger partial charge in [-0.15, -0.1) is 0 Å². The molecule has 0 aliphatic rings. The minimum Gasteiger partial charge on any atom is -0.385 e. The number of likely N-dealkylation sites (N-methyl/N-ethyl adjacent to an activating group) is 1. The lowest BCUT2D eigenvalue weighted by Crippen LogP contribution is -2.39. The molecule has 0 heterocycles. The first-order valence-electron chi connectivity index (χ1n) is 6.73. The number of nitrogens with zero attached hydrogens (tertiary/aromatic N) is 1. The molecular formula is C15H21FN2O3. The maximum atomic E-state index is 13.9. The van der Waals surface area contributed by atoms with Gasteiger partial charge >= 0.3 is 0 Å². The predicted octanol–water partition coefficient (Wildman–Crippen LogP) is 1.36. The Bertz CT molecular complexity index is 506. The third-order valence-electron chi connectivity index (χ3n) is 3.00. The topological polar surface area (TPSA) is 58.6 Å². The number of halogens is 1. The van der Waals surface area contributed by atoms with E-state index in [-0.39, 0.29) is 18.0 Å². The number of nitrogens with one attached hydrogen (secondary N) is 1. The molecule has 0 aliphatic heterocycles. The van der Waals surface area contributed by atoms with Gasteiger partial charge in [-0.1, -0.05) is 12.1 Å². The van der Waals surface area contributed by atoms with Crippen LogP contribution in [0.25, 0.3) is 0 Å². The number of carbonyl (C=O) groups is 2.